The topological polar surface area (TPSA) is 87.4 Å². The molecule has 1 fully saturated rings. The molecule has 4 aromatic rings. The molecule has 1 aliphatic rings. The van der Waals surface area contributed by atoms with Gasteiger partial charge in [0.15, 0.2) is 11.5 Å². The first-order valence-corrected chi connectivity index (χ1v) is 12.2. The minimum Gasteiger partial charge on any atom is -0.350 e. The number of carbonyl (C=O) groups excluding carboxylic acids is 1. The van der Waals surface area contributed by atoms with Crippen LogP contribution in [0.2, 0.25) is 0 Å². The second-order valence-electron chi connectivity index (χ2n) is 9.66. The number of nitrogens with one attached hydrogen (secondary N) is 2. The fourth-order valence-electron chi connectivity index (χ4n) is 4.84. The van der Waals surface area contributed by atoms with Crippen molar-refractivity contribution in [1.29, 1.82) is 0 Å². The van der Waals surface area contributed by atoms with Crippen molar-refractivity contribution in [2.75, 3.05) is 20.1 Å². The number of pyridine rings is 2. The molecule has 2 N–H and O–H groups in total. The van der Waals surface area contributed by atoms with Gasteiger partial charge in [-0.1, -0.05) is 18.2 Å². The summed E-state index contributed by atoms with van der Waals surface area (Å²) >= 11 is 0. The third-order valence-corrected chi connectivity index (χ3v) is 6.65. The predicted octanol–water partition coefficient (Wildman–Crippen LogP) is 3.98. The number of hydrogen-bond donors (Lipinski definition) is 2. The summed E-state index contributed by atoms with van der Waals surface area (Å²) in [6.07, 6.45) is -2.34. The molecule has 1 saturated heterocycles. The van der Waals surface area contributed by atoms with Gasteiger partial charge in [-0.3, -0.25) is 14.1 Å². The molecule has 11 heteroatoms. The Bertz CT molecular complexity index is 1450. The fraction of sp³-hybridized carbons (Fsp3) is 0.385. The lowest BCUT2D eigenvalue weighted by Gasteiger charge is -2.30. The van der Waals surface area contributed by atoms with Crippen LogP contribution in [0.4, 0.5) is 13.2 Å². The molecular weight excluding hydrogens is 483 g/mol. The Morgan fingerprint density at radius 1 is 1.11 bits per heavy atom. The fourth-order valence-corrected chi connectivity index (χ4v) is 4.84. The molecule has 1 unspecified atom stereocenters. The van der Waals surface area contributed by atoms with Crippen molar-refractivity contribution in [1.82, 2.24) is 35.1 Å². The molecule has 194 valence electrons. The number of carbonyl (C=O) groups is 1. The van der Waals surface area contributed by atoms with Gasteiger partial charge in [-0.05, 0) is 57.1 Å². The number of likely N-dealkylation sites (tertiary alicyclic amines) is 1. The number of nitrogens with zero attached hydrogens (tertiary/aromatic N) is 5. The summed E-state index contributed by atoms with van der Waals surface area (Å²) in [6, 6.07) is 10.1. The average Bonchev–Trinajstić information content (AvgIpc) is 3.49. The predicted molar refractivity (Wildman–Crippen MR) is 134 cm³/mol. The van der Waals surface area contributed by atoms with Gasteiger partial charge in [0.2, 0.25) is 0 Å². The van der Waals surface area contributed by atoms with E-state index in [1.54, 1.807) is 35.7 Å². The standard InChI is InChI=1S/C26H28F3N7O/c1-15(2)31-25(37)17-5-4-16-6-8-20(32-21(16)12-17)24-34-33-22-9-7-18(13-36(22)24)23(26(27,28)29)35-11-10-19(14-35)30-3/h4-9,12-13,15,19,23,30H,10-11,14H2,1-3H3,(H,31,37)/t19?,23-/m1/s1. The second kappa shape index (κ2) is 9.71. The van der Waals surface area contributed by atoms with Crippen LogP contribution in [-0.4, -0.2) is 68.8 Å². The molecule has 1 amide bonds. The van der Waals surface area contributed by atoms with Crippen LogP contribution in [-0.2, 0) is 0 Å². The van der Waals surface area contributed by atoms with Crippen LogP contribution in [0.5, 0.6) is 0 Å². The Balaban J connectivity index is 1.54. The van der Waals surface area contributed by atoms with Crippen LogP contribution < -0.4 is 10.6 Å². The van der Waals surface area contributed by atoms with Gasteiger partial charge in [-0.15, -0.1) is 10.2 Å². The maximum absolute atomic E-state index is 14.2. The lowest BCUT2D eigenvalue weighted by molar-refractivity contribution is -0.184. The van der Waals surface area contributed by atoms with E-state index in [0.717, 1.165) is 5.39 Å². The minimum atomic E-state index is -4.45. The van der Waals surface area contributed by atoms with Crippen molar-refractivity contribution >= 4 is 22.5 Å². The van der Waals surface area contributed by atoms with E-state index in [4.69, 9.17) is 0 Å². The second-order valence-corrected chi connectivity index (χ2v) is 9.66. The summed E-state index contributed by atoms with van der Waals surface area (Å²) in [5.74, 6) is 0.119. The van der Waals surface area contributed by atoms with E-state index in [9.17, 15) is 18.0 Å². The molecule has 5 rings (SSSR count). The maximum Gasteiger partial charge on any atom is 0.408 e. The maximum atomic E-state index is 14.2. The lowest BCUT2D eigenvalue weighted by Crippen LogP contribution is -2.39. The van der Waals surface area contributed by atoms with Crippen molar-refractivity contribution in [3.05, 3.63) is 59.8 Å². The van der Waals surface area contributed by atoms with Gasteiger partial charge in [0, 0.05) is 42.3 Å². The number of fused-ring (bicyclic) bond motifs is 2. The Hall–Kier alpha value is -3.57. The van der Waals surface area contributed by atoms with E-state index in [0.29, 0.717) is 47.8 Å². The van der Waals surface area contributed by atoms with Crippen LogP contribution in [0, 0.1) is 0 Å². The molecule has 4 heterocycles. The summed E-state index contributed by atoms with van der Waals surface area (Å²) in [4.78, 5) is 18.6. The van der Waals surface area contributed by atoms with Crippen molar-refractivity contribution < 1.29 is 18.0 Å². The number of halogens is 3. The van der Waals surface area contributed by atoms with Crippen molar-refractivity contribution in [3.8, 4) is 11.5 Å². The number of amides is 1. The molecule has 3 aromatic heterocycles. The summed E-state index contributed by atoms with van der Waals surface area (Å²) in [6.45, 7) is 4.42. The van der Waals surface area contributed by atoms with Gasteiger partial charge in [0.1, 0.15) is 11.7 Å². The highest BCUT2D eigenvalue weighted by molar-refractivity contribution is 5.98. The van der Waals surface area contributed by atoms with E-state index in [-0.39, 0.29) is 23.6 Å². The molecule has 2 atom stereocenters. The third-order valence-electron chi connectivity index (χ3n) is 6.65. The Morgan fingerprint density at radius 2 is 1.89 bits per heavy atom. The van der Waals surface area contributed by atoms with E-state index in [1.165, 1.54) is 17.2 Å². The largest absolute Gasteiger partial charge is 0.408 e. The number of benzene rings is 1. The first-order chi connectivity index (χ1) is 17.6. The van der Waals surface area contributed by atoms with Gasteiger partial charge < -0.3 is 10.6 Å². The third kappa shape index (κ3) is 5.01. The number of hydrogen-bond acceptors (Lipinski definition) is 6. The van der Waals surface area contributed by atoms with Crippen LogP contribution in [0.15, 0.2) is 48.7 Å². The molecule has 1 aliphatic heterocycles. The Labute approximate surface area is 211 Å². The number of likely N-dealkylation sites (N-methyl/N-ethyl adjacent to an activating group) is 1. The van der Waals surface area contributed by atoms with Crippen LogP contribution in [0.25, 0.3) is 28.1 Å². The van der Waals surface area contributed by atoms with Crippen molar-refractivity contribution in [2.24, 2.45) is 0 Å². The summed E-state index contributed by atoms with van der Waals surface area (Å²) in [5.41, 5.74) is 2.02. The molecule has 0 aliphatic carbocycles. The van der Waals surface area contributed by atoms with Crippen LogP contribution >= 0.6 is 0 Å². The van der Waals surface area contributed by atoms with Gasteiger partial charge >= 0.3 is 6.18 Å². The highest BCUT2D eigenvalue weighted by atomic mass is 19.4. The van der Waals surface area contributed by atoms with Gasteiger partial charge in [-0.2, -0.15) is 13.2 Å². The summed E-state index contributed by atoms with van der Waals surface area (Å²) in [5, 5.41) is 15.1. The van der Waals surface area contributed by atoms with Crippen molar-refractivity contribution in [2.45, 2.75) is 44.6 Å². The first-order valence-electron chi connectivity index (χ1n) is 12.2. The molecule has 1 aromatic carbocycles. The molecule has 0 radical (unpaired) electrons. The zero-order valence-corrected chi connectivity index (χ0v) is 20.8. The normalized spacial score (nSPS) is 17.6. The monoisotopic (exact) mass is 511 g/mol. The smallest absolute Gasteiger partial charge is 0.350 e. The van der Waals surface area contributed by atoms with E-state index in [1.807, 2.05) is 26.0 Å². The van der Waals surface area contributed by atoms with E-state index in [2.05, 4.69) is 25.8 Å². The van der Waals surface area contributed by atoms with Crippen LogP contribution in [0.1, 0.15) is 42.2 Å². The highest BCUT2D eigenvalue weighted by Crippen LogP contribution is 2.39. The lowest BCUT2D eigenvalue weighted by atomic mass is 10.1. The molecule has 37 heavy (non-hydrogen) atoms. The molecule has 0 spiro atoms. The first kappa shape index (κ1) is 25.1. The molecule has 0 bridgehead atoms. The Kier molecular flexibility index (Phi) is 6.59. The Morgan fingerprint density at radius 3 is 2.59 bits per heavy atom. The average molecular weight is 512 g/mol. The number of rotatable bonds is 6. The SMILES string of the molecule is CNC1CCN([C@H](c2ccc3nnc(-c4ccc5ccc(C(=O)NC(C)C)cc5n4)n3c2)C(F)(F)F)C1. The zero-order valence-electron chi connectivity index (χ0n) is 20.8. The van der Waals surface area contributed by atoms with E-state index < -0.39 is 12.2 Å². The molecule has 8 nitrogen and oxygen atoms in total. The summed E-state index contributed by atoms with van der Waals surface area (Å²) < 4.78 is 44.3. The van der Waals surface area contributed by atoms with Gasteiger partial charge in [0.05, 0.1) is 5.52 Å². The number of alkyl halides is 3. The van der Waals surface area contributed by atoms with E-state index >= 15 is 0 Å². The van der Waals surface area contributed by atoms with Crippen LogP contribution in [0.3, 0.4) is 0 Å². The quantitative estimate of drug-likeness (QED) is 0.407. The minimum absolute atomic E-state index is 0.00996. The highest BCUT2D eigenvalue weighted by Gasteiger charge is 2.46. The van der Waals surface area contributed by atoms with Gasteiger partial charge in [0.25, 0.3) is 5.91 Å². The number of aromatic nitrogens is 4. The zero-order chi connectivity index (χ0) is 26.3. The van der Waals surface area contributed by atoms with Crippen molar-refractivity contribution in [3.63, 3.8) is 0 Å². The van der Waals surface area contributed by atoms with Gasteiger partial charge in [-0.25, -0.2) is 4.98 Å². The summed E-state index contributed by atoms with van der Waals surface area (Å²) in [7, 11) is 1.77. The molecular formula is C26H28F3N7O. The molecule has 0 saturated carbocycles.